The van der Waals surface area contributed by atoms with Crippen LogP contribution >= 0.6 is 0 Å². The first-order chi connectivity index (χ1) is 16.3. The Morgan fingerprint density at radius 1 is 1.21 bits per heavy atom. The van der Waals surface area contributed by atoms with E-state index in [1.54, 1.807) is 23.1 Å². The van der Waals surface area contributed by atoms with E-state index >= 15 is 0 Å². The van der Waals surface area contributed by atoms with E-state index in [0.29, 0.717) is 45.2 Å². The van der Waals surface area contributed by atoms with Crippen LogP contribution in [0.4, 0.5) is 0 Å². The van der Waals surface area contributed by atoms with E-state index in [2.05, 4.69) is 11.4 Å². The molecular formula is C24H34N4O5S. The number of hydrogen-bond donors (Lipinski definition) is 2. The van der Waals surface area contributed by atoms with E-state index in [1.165, 1.54) is 4.31 Å². The summed E-state index contributed by atoms with van der Waals surface area (Å²) in [5, 5.41) is 3.03. The lowest BCUT2D eigenvalue weighted by Crippen LogP contribution is -2.48. The third-order valence-electron chi connectivity index (χ3n) is 6.71. The molecule has 0 radical (unpaired) electrons. The number of likely N-dealkylation sites (tertiary alicyclic amines) is 1. The molecule has 3 fully saturated rings. The fourth-order valence-electron chi connectivity index (χ4n) is 4.56. The molecule has 2 atom stereocenters. The number of carbonyl (C=O) groups is 2. The molecule has 3 aliphatic rings. The Labute approximate surface area is 201 Å². The van der Waals surface area contributed by atoms with Gasteiger partial charge in [0.05, 0.1) is 30.7 Å². The van der Waals surface area contributed by atoms with Gasteiger partial charge in [-0.1, -0.05) is 18.2 Å². The minimum Gasteiger partial charge on any atom is -0.379 e. The molecule has 1 aromatic rings. The number of carbonyl (C=O) groups excluding carboxylic acids is 2. The normalized spacial score (nSPS) is 22.8. The number of nitrogens with zero attached hydrogens (tertiary/aromatic N) is 2. The van der Waals surface area contributed by atoms with Gasteiger partial charge in [-0.3, -0.25) is 9.59 Å². The van der Waals surface area contributed by atoms with Crippen LogP contribution in [0.1, 0.15) is 49.8 Å². The molecule has 2 aliphatic heterocycles. The van der Waals surface area contributed by atoms with Crippen molar-refractivity contribution in [3.8, 4) is 0 Å². The summed E-state index contributed by atoms with van der Waals surface area (Å²) in [4.78, 5) is 26.9. The highest BCUT2D eigenvalue weighted by molar-refractivity contribution is 7.89. The van der Waals surface area contributed by atoms with Crippen molar-refractivity contribution in [1.29, 1.82) is 0 Å². The van der Waals surface area contributed by atoms with Crippen LogP contribution in [0.5, 0.6) is 0 Å². The molecule has 3 N–H and O–H groups in total. The van der Waals surface area contributed by atoms with Crippen LogP contribution in [0.2, 0.25) is 0 Å². The average Bonchev–Trinajstić information content (AvgIpc) is 3.55. The monoisotopic (exact) mass is 490 g/mol. The van der Waals surface area contributed by atoms with Gasteiger partial charge in [-0.2, -0.15) is 4.31 Å². The maximum Gasteiger partial charge on any atom is 0.243 e. The molecule has 2 saturated heterocycles. The summed E-state index contributed by atoms with van der Waals surface area (Å²) in [7, 11) is -3.63. The topological polar surface area (TPSA) is 122 Å². The van der Waals surface area contributed by atoms with E-state index in [9.17, 15) is 18.0 Å². The Morgan fingerprint density at radius 3 is 2.62 bits per heavy atom. The summed E-state index contributed by atoms with van der Waals surface area (Å²) < 4.78 is 33.1. The zero-order valence-corrected chi connectivity index (χ0v) is 20.4. The van der Waals surface area contributed by atoms with Crippen molar-refractivity contribution >= 4 is 27.9 Å². The molecule has 1 aliphatic carbocycles. The Morgan fingerprint density at radius 2 is 1.94 bits per heavy atom. The number of allylic oxidation sites excluding steroid dienone is 1. The van der Waals surface area contributed by atoms with Crippen LogP contribution in [0.15, 0.2) is 29.2 Å². The van der Waals surface area contributed by atoms with Gasteiger partial charge < -0.3 is 20.7 Å². The largest absolute Gasteiger partial charge is 0.379 e. The van der Waals surface area contributed by atoms with Gasteiger partial charge in [0.1, 0.15) is 6.04 Å². The van der Waals surface area contributed by atoms with Crippen molar-refractivity contribution in [2.45, 2.75) is 49.6 Å². The van der Waals surface area contributed by atoms with Gasteiger partial charge >= 0.3 is 0 Å². The molecule has 0 bridgehead atoms. The summed E-state index contributed by atoms with van der Waals surface area (Å²) in [5.74, 6) is 0.0801. The number of morpholine rings is 1. The molecule has 4 rings (SSSR count). The Balaban J connectivity index is 1.56. The third-order valence-corrected chi connectivity index (χ3v) is 8.61. The van der Waals surface area contributed by atoms with Crippen LogP contribution in [0.25, 0.3) is 6.08 Å². The van der Waals surface area contributed by atoms with E-state index < -0.39 is 16.1 Å². The lowest BCUT2D eigenvalue weighted by molar-refractivity contribution is -0.137. The molecule has 0 unspecified atom stereocenters. The Bertz CT molecular complexity index is 1050. The zero-order valence-electron chi connectivity index (χ0n) is 19.6. The number of hydrogen-bond acceptors (Lipinski definition) is 6. The highest BCUT2D eigenvalue weighted by Crippen LogP contribution is 2.32. The molecule has 10 heteroatoms. The maximum atomic E-state index is 13.2. The molecule has 2 heterocycles. The minimum atomic E-state index is -3.63. The predicted octanol–water partition coefficient (Wildman–Crippen LogP) is 1.26. The Kier molecular flexibility index (Phi) is 7.71. The molecular weight excluding hydrogens is 456 g/mol. The van der Waals surface area contributed by atoms with E-state index in [-0.39, 0.29) is 29.3 Å². The van der Waals surface area contributed by atoms with Crippen molar-refractivity contribution in [2.24, 2.45) is 11.7 Å². The van der Waals surface area contributed by atoms with Crippen molar-refractivity contribution < 1.29 is 22.7 Å². The van der Waals surface area contributed by atoms with Crippen molar-refractivity contribution in [3.63, 3.8) is 0 Å². The SMILES string of the molecule is C[C@H](NC(=O)[C@@H]1CCCN1C(=O)CN)c1ccc(S(=O)(=O)N2CCOCC2)cc1/C=C/C1CC1. The predicted molar refractivity (Wildman–Crippen MR) is 128 cm³/mol. The number of ether oxygens (including phenoxy) is 1. The van der Waals surface area contributed by atoms with Crippen LogP contribution < -0.4 is 11.1 Å². The summed E-state index contributed by atoms with van der Waals surface area (Å²) in [6.07, 6.45) is 7.72. The van der Waals surface area contributed by atoms with Gasteiger partial charge in [0.2, 0.25) is 21.8 Å². The molecule has 0 aromatic heterocycles. The van der Waals surface area contributed by atoms with Gasteiger partial charge in [0, 0.05) is 19.6 Å². The quantitative estimate of drug-likeness (QED) is 0.566. The van der Waals surface area contributed by atoms with Gasteiger partial charge in [-0.25, -0.2) is 8.42 Å². The summed E-state index contributed by atoms with van der Waals surface area (Å²) in [6, 6.07) is 4.20. The second-order valence-electron chi connectivity index (χ2n) is 9.18. The number of rotatable bonds is 8. The van der Waals surface area contributed by atoms with Gasteiger partial charge in [-0.15, -0.1) is 0 Å². The molecule has 2 amide bonds. The number of sulfonamides is 1. The molecule has 9 nitrogen and oxygen atoms in total. The van der Waals surface area contributed by atoms with Crippen molar-refractivity contribution in [1.82, 2.24) is 14.5 Å². The number of amides is 2. The van der Waals surface area contributed by atoms with Crippen molar-refractivity contribution in [2.75, 3.05) is 39.4 Å². The van der Waals surface area contributed by atoms with E-state index in [0.717, 1.165) is 30.4 Å². The second kappa shape index (κ2) is 10.6. The van der Waals surface area contributed by atoms with Crippen LogP contribution in [0, 0.1) is 5.92 Å². The van der Waals surface area contributed by atoms with Crippen molar-refractivity contribution in [3.05, 3.63) is 35.4 Å². The summed E-state index contributed by atoms with van der Waals surface area (Å²) in [6.45, 7) is 3.74. The van der Waals surface area contributed by atoms with Crippen LogP contribution in [-0.4, -0.2) is 74.9 Å². The lowest BCUT2D eigenvalue weighted by Gasteiger charge is -2.27. The summed E-state index contributed by atoms with van der Waals surface area (Å²) >= 11 is 0. The fraction of sp³-hybridized carbons (Fsp3) is 0.583. The number of nitrogens with one attached hydrogen (secondary N) is 1. The zero-order chi connectivity index (χ0) is 24.3. The smallest absolute Gasteiger partial charge is 0.243 e. The van der Waals surface area contributed by atoms with E-state index in [1.807, 2.05) is 13.0 Å². The maximum absolute atomic E-state index is 13.2. The van der Waals surface area contributed by atoms with Crippen LogP contribution in [0.3, 0.4) is 0 Å². The molecule has 0 spiro atoms. The van der Waals surface area contributed by atoms with E-state index in [4.69, 9.17) is 10.5 Å². The van der Waals surface area contributed by atoms with Gasteiger partial charge in [0.15, 0.2) is 0 Å². The summed E-state index contributed by atoms with van der Waals surface area (Å²) in [5.41, 5.74) is 7.11. The first kappa shape index (κ1) is 24.8. The number of nitrogens with two attached hydrogens (primary N) is 1. The Hall–Kier alpha value is -2.27. The average molecular weight is 491 g/mol. The molecule has 186 valence electrons. The standard InChI is InChI=1S/C24H34N4O5S/c1-17(26-24(30)22-3-2-10-28(22)23(29)16-25)21-9-8-20(15-19(21)7-6-18-4-5-18)34(31,32)27-11-13-33-14-12-27/h6-9,15,17-18,22H,2-5,10-14,16,25H2,1H3,(H,26,30)/b7-6+/t17-,22-/m0/s1. The highest BCUT2D eigenvalue weighted by Gasteiger charge is 2.34. The number of benzene rings is 1. The molecule has 1 aromatic carbocycles. The minimum absolute atomic E-state index is 0.117. The highest BCUT2D eigenvalue weighted by atomic mass is 32.2. The third kappa shape index (κ3) is 5.51. The van der Waals surface area contributed by atoms with Gasteiger partial charge in [-0.05, 0) is 61.8 Å². The first-order valence-electron chi connectivity index (χ1n) is 12.0. The molecule has 34 heavy (non-hydrogen) atoms. The second-order valence-corrected chi connectivity index (χ2v) is 11.1. The van der Waals surface area contributed by atoms with Crippen LogP contribution in [-0.2, 0) is 24.3 Å². The molecule has 1 saturated carbocycles. The first-order valence-corrected chi connectivity index (χ1v) is 13.4. The fourth-order valence-corrected chi connectivity index (χ4v) is 6.00. The van der Waals surface area contributed by atoms with Gasteiger partial charge in [0.25, 0.3) is 0 Å². The lowest BCUT2D eigenvalue weighted by atomic mass is 10.00.